The van der Waals surface area contributed by atoms with Crippen LogP contribution in [0.3, 0.4) is 0 Å². The Morgan fingerprint density at radius 3 is 2.84 bits per heavy atom. The van der Waals surface area contributed by atoms with Crippen LogP contribution < -0.4 is 9.64 Å². The zero-order chi connectivity index (χ0) is 13.8. The molecule has 0 aromatic carbocycles. The number of aromatic nitrogens is 3. The van der Waals surface area contributed by atoms with Gasteiger partial charge in [0.15, 0.2) is 0 Å². The fourth-order valence-corrected chi connectivity index (χ4v) is 2.47. The third kappa shape index (κ3) is 3.47. The summed E-state index contributed by atoms with van der Waals surface area (Å²) in [7, 11) is 0. The van der Waals surface area contributed by atoms with Gasteiger partial charge in [0.05, 0.1) is 6.61 Å². The summed E-state index contributed by atoms with van der Waals surface area (Å²) in [5.74, 6) is 1.26. The predicted octanol–water partition coefficient (Wildman–Crippen LogP) is 2.94. The number of piperidine rings is 1. The molecule has 0 radical (unpaired) electrons. The molecule has 1 aliphatic rings. The Bertz CT molecular complexity index is 429. The lowest BCUT2D eigenvalue weighted by molar-refractivity contribution is 0.289. The average molecular weight is 285 g/mol. The highest BCUT2D eigenvalue weighted by Crippen LogP contribution is 2.27. The first kappa shape index (κ1) is 14.3. The Kier molecular flexibility index (Phi) is 4.80. The second-order valence-electron chi connectivity index (χ2n) is 5.09. The van der Waals surface area contributed by atoms with E-state index in [1.807, 2.05) is 6.92 Å². The lowest BCUT2D eigenvalue weighted by Crippen LogP contribution is -2.43. The van der Waals surface area contributed by atoms with E-state index in [2.05, 4.69) is 33.7 Å². The zero-order valence-electron chi connectivity index (χ0n) is 11.8. The minimum absolute atomic E-state index is 0.196. The van der Waals surface area contributed by atoms with E-state index in [0.717, 1.165) is 19.4 Å². The quantitative estimate of drug-likeness (QED) is 0.851. The van der Waals surface area contributed by atoms with Crippen LogP contribution in [0.25, 0.3) is 0 Å². The van der Waals surface area contributed by atoms with Crippen LogP contribution in [0.5, 0.6) is 6.01 Å². The van der Waals surface area contributed by atoms with Crippen LogP contribution in [0.15, 0.2) is 0 Å². The summed E-state index contributed by atoms with van der Waals surface area (Å²) in [6, 6.07) is 0.730. The maximum absolute atomic E-state index is 5.96. The van der Waals surface area contributed by atoms with Gasteiger partial charge in [-0.1, -0.05) is 13.8 Å². The standard InChI is InChI=1S/C13H21ClN4O/c1-4-8-19-13-16-11(14)15-12(17-13)18-7-5-6-9(2)10(18)3/h9-10H,4-8H2,1-3H3. The number of rotatable bonds is 4. The van der Waals surface area contributed by atoms with Gasteiger partial charge >= 0.3 is 6.01 Å². The molecular weight excluding hydrogens is 264 g/mol. The normalized spacial score (nSPS) is 23.5. The van der Waals surface area contributed by atoms with Gasteiger partial charge in [-0.15, -0.1) is 0 Å². The summed E-state index contributed by atoms with van der Waals surface area (Å²) in [6.07, 6.45) is 3.31. The highest BCUT2D eigenvalue weighted by molar-refractivity contribution is 6.28. The van der Waals surface area contributed by atoms with E-state index in [9.17, 15) is 0 Å². The fraction of sp³-hybridized carbons (Fsp3) is 0.769. The van der Waals surface area contributed by atoms with Crippen molar-refractivity contribution in [3.63, 3.8) is 0 Å². The van der Waals surface area contributed by atoms with Gasteiger partial charge in [0.25, 0.3) is 0 Å². The van der Waals surface area contributed by atoms with Gasteiger partial charge in [-0.25, -0.2) is 0 Å². The van der Waals surface area contributed by atoms with Crippen LogP contribution in [-0.2, 0) is 0 Å². The maximum atomic E-state index is 5.96. The van der Waals surface area contributed by atoms with Crippen molar-refractivity contribution in [2.24, 2.45) is 5.92 Å². The molecule has 2 atom stereocenters. The highest BCUT2D eigenvalue weighted by atomic mass is 35.5. The molecule has 0 amide bonds. The molecule has 1 aromatic heterocycles. The van der Waals surface area contributed by atoms with Crippen molar-refractivity contribution in [2.75, 3.05) is 18.1 Å². The van der Waals surface area contributed by atoms with E-state index >= 15 is 0 Å². The summed E-state index contributed by atoms with van der Waals surface area (Å²) in [4.78, 5) is 14.8. The van der Waals surface area contributed by atoms with Gasteiger partial charge in [-0.05, 0) is 43.7 Å². The first-order valence-electron chi connectivity index (χ1n) is 6.92. The third-order valence-corrected chi connectivity index (χ3v) is 3.81. The van der Waals surface area contributed by atoms with Crippen LogP contribution in [-0.4, -0.2) is 34.1 Å². The Morgan fingerprint density at radius 2 is 2.11 bits per heavy atom. The van der Waals surface area contributed by atoms with E-state index in [1.165, 1.54) is 6.42 Å². The molecule has 0 spiro atoms. The molecule has 106 valence electrons. The molecule has 0 N–H and O–H groups in total. The van der Waals surface area contributed by atoms with Crippen molar-refractivity contribution < 1.29 is 4.74 Å². The summed E-state index contributed by atoms with van der Waals surface area (Å²) in [5, 5.41) is 0.196. The second kappa shape index (κ2) is 6.37. The van der Waals surface area contributed by atoms with E-state index in [-0.39, 0.29) is 5.28 Å². The Labute approximate surface area is 119 Å². The van der Waals surface area contributed by atoms with Gasteiger partial charge in [-0.2, -0.15) is 15.0 Å². The van der Waals surface area contributed by atoms with Crippen LogP contribution in [0, 0.1) is 5.92 Å². The average Bonchev–Trinajstić information content (AvgIpc) is 2.39. The number of ether oxygens (including phenoxy) is 1. The first-order valence-corrected chi connectivity index (χ1v) is 7.30. The van der Waals surface area contributed by atoms with E-state index in [0.29, 0.717) is 30.5 Å². The van der Waals surface area contributed by atoms with Crippen LogP contribution in [0.2, 0.25) is 5.28 Å². The van der Waals surface area contributed by atoms with Crippen LogP contribution >= 0.6 is 11.6 Å². The van der Waals surface area contributed by atoms with Crippen molar-refractivity contribution in [3.8, 4) is 6.01 Å². The van der Waals surface area contributed by atoms with Crippen molar-refractivity contribution in [1.29, 1.82) is 0 Å². The largest absolute Gasteiger partial charge is 0.463 e. The molecule has 1 saturated heterocycles. The number of halogens is 1. The molecule has 0 saturated carbocycles. The third-order valence-electron chi connectivity index (χ3n) is 3.64. The molecule has 0 bridgehead atoms. The number of nitrogens with zero attached hydrogens (tertiary/aromatic N) is 4. The Hall–Kier alpha value is -1.10. The SMILES string of the molecule is CCCOc1nc(Cl)nc(N2CCCC(C)C2C)n1. The second-order valence-corrected chi connectivity index (χ2v) is 5.43. The molecule has 2 heterocycles. The molecular formula is C13H21ClN4O. The summed E-state index contributed by atoms with van der Waals surface area (Å²) in [5.41, 5.74) is 0. The lowest BCUT2D eigenvalue weighted by atomic mass is 9.92. The number of anilines is 1. The van der Waals surface area contributed by atoms with E-state index in [4.69, 9.17) is 16.3 Å². The minimum Gasteiger partial charge on any atom is -0.463 e. The monoisotopic (exact) mass is 284 g/mol. The van der Waals surface area contributed by atoms with E-state index in [1.54, 1.807) is 0 Å². The molecule has 5 nitrogen and oxygen atoms in total. The predicted molar refractivity (Wildman–Crippen MR) is 75.8 cm³/mol. The summed E-state index contributed by atoms with van der Waals surface area (Å²) in [6.45, 7) is 8.05. The molecule has 19 heavy (non-hydrogen) atoms. The first-order chi connectivity index (χ1) is 9.11. The smallest absolute Gasteiger partial charge is 0.322 e. The zero-order valence-corrected chi connectivity index (χ0v) is 12.5. The molecule has 2 rings (SSSR count). The highest BCUT2D eigenvalue weighted by Gasteiger charge is 2.27. The number of hydrogen-bond acceptors (Lipinski definition) is 5. The van der Waals surface area contributed by atoms with Gasteiger partial charge in [0.1, 0.15) is 0 Å². The molecule has 1 aliphatic heterocycles. The molecule has 2 unspecified atom stereocenters. The van der Waals surface area contributed by atoms with Gasteiger partial charge in [0.2, 0.25) is 11.2 Å². The number of hydrogen-bond donors (Lipinski definition) is 0. The molecule has 1 aromatic rings. The summed E-state index contributed by atoms with van der Waals surface area (Å²) >= 11 is 5.96. The van der Waals surface area contributed by atoms with Gasteiger partial charge < -0.3 is 9.64 Å². The lowest BCUT2D eigenvalue weighted by Gasteiger charge is -2.37. The van der Waals surface area contributed by atoms with E-state index < -0.39 is 0 Å². The van der Waals surface area contributed by atoms with Crippen molar-refractivity contribution in [1.82, 2.24) is 15.0 Å². The Morgan fingerprint density at radius 1 is 1.32 bits per heavy atom. The van der Waals surface area contributed by atoms with Gasteiger partial charge in [0, 0.05) is 12.6 Å². The van der Waals surface area contributed by atoms with Crippen LogP contribution in [0.4, 0.5) is 5.95 Å². The van der Waals surface area contributed by atoms with Crippen molar-refractivity contribution in [2.45, 2.75) is 46.1 Å². The Balaban J connectivity index is 2.20. The molecule has 0 aliphatic carbocycles. The molecule has 1 fully saturated rings. The minimum atomic E-state index is 0.196. The summed E-state index contributed by atoms with van der Waals surface area (Å²) < 4.78 is 5.46. The van der Waals surface area contributed by atoms with Crippen LogP contribution in [0.1, 0.15) is 40.0 Å². The van der Waals surface area contributed by atoms with Crippen molar-refractivity contribution >= 4 is 17.5 Å². The maximum Gasteiger partial charge on any atom is 0.322 e. The van der Waals surface area contributed by atoms with Crippen molar-refractivity contribution in [3.05, 3.63) is 5.28 Å². The van der Waals surface area contributed by atoms with Gasteiger partial charge in [-0.3, -0.25) is 0 Å². The topological polar surface area (TPSA) is 51.1 Å². The fourth-order valence-electron chi connectivity index (χ4n) is 2.33. The molecule has 6 heteroatoms.